The number of H-pyrrole nitrogens is 1. The van der Waals surface area contributed by atoms with Crippen molar-refractivity contribution in [2.45, 2.75) is 26.7 Å². The summed E-state index contributed by atoms with van der Waals surface area (Å²) in [5, 5.41) is 5.93. The first-order chi connectivity index (χ1) is 17.9. The lowest BCUT2D eigenvalue weighted by atomic mass is 10.0. The van der Waals surface area contributed by atoms with E-state index in [0.29, 0.717) is 64.6 Å². The van der Waals surface area contributed by atoms with Gasteiger partial charge in [0.05, 0.1) is 45.2 Å². The van der Waals surface area contributed by atoms with E-state index in [2.05, 4.69) is 15.6 Å². The maximum absolute atomic E-state index is 12.7. The lowest BCUT2D eigenvalue weighted by Gasteiger charge is -2.17. The summed E-state index contributed by atoms with van der Waals surface area (Å²) >= 11 is 0. The van der Waals surface area contributed by atoms with Crippen LogP contribution in [0.4, 0.5) is 5.69 Å². The van der Waals surface area contributed by atoms with Crippen molar-refractivity contribution in [2.24, 2.45) is 0 Å². The van der Waals surface area contributed by atoms with E-state index >= 15 is 0 Å². The largest absolute Gasteiger partial charge is 0.378 e. The van der Waals surface area contributed by atoms with E-state index in [1.165, 1.54) is 0 Å². The average molecular weight is 513 g/mol. The molecule has 0 saturated carbocycles. The number of aryl methyl sites for hydroxylation is 1. The molecule has 3 rings (SSSR count). The van der Waals surface area contributed by atoms with Gasteiger partial charge in [0, 0.05) is 49.2 Å². The molecule has 2 heterocycles. The molecule has 0 bridgehead atoms. The molecule has 3 N–H and O–H groups in total. The second-order valence-corrected chi connectivity index (χ2v) is 9.08. The number of likely N-dealkylation sites (N-methyl/N-ethyl adjacent to an activating group) is 2. The predicted octanol–water partition coefficient (Wildman–Crippen LogP) is 2.78. The Bertz CT molecular complexity index is 1080. The van der Waals surface area contributed by atoms with Crippen LogP contribution in [0.5, 0.6) is 0 Å². The number of anilines is 1. The molecule has 1 aliphatic rings. The summed E-state index contributed by atoms with van der Waals surface area (Å²) in [6, 6.07) is 7.68. The molecule has 2 amide bonds. The quantitative estimate of drug-likeness (QED) is 0.236. The van der Waals surface area contributed by atoms with Gasteiger partial charge in [0.15, 0.2) is 0 Å². The number of benzene rings is 1. The highest BCUT2D eigenvalue weighted by molar-refractivity contribution is 6.34. The van der Waals surface area contributed by atoms with Crippen molar-refractivity contribution < 1.29 is 23.8 Å². The maximum atomic E-state index is 12.7. The summed E-state index contributed by atoms with van der Waals surface area (Å²) in [6.07, 6.45) is 2.94. The van der Waals surface area contributed by atoms with Gasteiger partial charge in [0.25, 0.3) is 5.91 Å². The van der Waals surface area contributed by atoms with Crippen LogP contribution >= 0.6 is 0 Å². The SMILES string of the molecule is CNCCOCCOCCOCCN(C)C(=O)CCc1c(C)[nH]c(/C=C2\C(=O)Nc3ccccc32)c1C. The fourth-order valence-electron chi connectivity index (χ4n) is 4.23. The van der Waals surface area contributed by atoms with Crippen molar-refractivity contribution >= 4 is 29.2 Å². The van der Waals surface area contributed by atoms with Crippen LogP contribution in [-0.2, 0) is 30.2 Å². The number of para-hydroxylation sites is 1. The zero-order valence-corrected chi connectivity index (χ0v) is 22.4. The summed E-state index contributed by atoms with van der Waals surface area (Å²) in [5.74, 6) is -0.0308. The molecule has 202 valence electrons. The van der Waals surface area contributed by atoms with E-state index < -0.39 is 0 Å². The molecule has 0 saturated heterocycles. The van der Waals surface area contributed by atoms with Gasteiger partial charge in [-0.15, -0.1) is 0 Å². The molecule has 0 spiro atoms. The van der Waals surface area contributed by atoms with E-state index in [4.69, 9.17) is 14.2 Å². The standard InChI is InChI=1S/C28H40N4O5/c1-20-22(21(2)30-26(20)19-24-23-7-5-6-8-25(23)31-28(24)34)9-10-27(33)32(4)12-14-36-16-18-37-17-15-35-13-11-29-3/h5-8,19,29-30H,9-18H2,1-4H3,(H,31,34)/b24-19-. The number of rotatable bonds is 16. The summed E-state index contributed by atoms with van der Waals surface area (Å²) in [5.41, 5.74) is 6.47. The fourth-order valence-corrected chi connectivity index (χ4v) is 4.23. The number of carbonyl (C=O) groups excluding carboxylic acids is 2. The summed E-state index contributed by atoms with van der Waals surface area (Å²) < 4.78 is 16.4. The molecular formula is C28H40N4O5. The monoisotopic (exact) mass is 512 g/mol. The van der Waals surface area contributed by atoms with Gasteiger partial charge in [-0.05, 0) is 50.6 Å². The number of hydrogen-bond acceptors (Lipinski definition) is 6. The highest BCUT2D eigenvalue weighted by Gasteiger charge is 2.24. The van der Waals surface area contributed by atoms with Crippen molar-refractivity contribution in [2.75, 3.05) is 72.1 Å². The van der Waals surface area contributed by atoms with Gasteiger partial charge in [-0.3, -0.25) is 9.59 Å². The Morgan fingerprint density at radius 3 is 2.43 bits per heavy atom. The van der Waals surface area contributed by atoms with Crippen LogP contribution in [-0.4, -0.2) is 88.5 Å². The van der Waals surface area contributed by atoms with Crippen LogP contribution < -0.4 is 10.6 Å². The zero-order chi connectivity index (χ0) is 26.6. The molecule has 1 aromatic carbocycles. The number of aromatic amines is 1. The molecule has 9 heteroatoms. The van der Waals surface area contributed by atoms with Gasteiger partial charge in [-0.25, -0.2) is 0 Å². The third-order valence-electron chi connectivity index (χ3n) is 6.46. The minimum absolute atomic E-state index is 0.0718. The van der Waals surface area contributed by atoms with Crippen molar-refractivity contribution in [3.05, 3.63) is 52.3 Å². The Kier molecular flexibility index (Phi) is 11.3. The highest BCUT2D eigenvalue weighted by Crippen LogP contribution is 2.33. The summed E-state index contributed by atoms with van der Waals surface area (Å²) in [7, 11) is 3.69. The molecule has 37 heavy (non-hydrogen) atoms. The molecule has 1 aromatic heterocycles. The molecule has 0 atom stereocenters. The number of amides is 2. The molecular weight excluding hydrogens is 472 g/mol. The van der Waals surface area contributed by atoms with E-state index in [0.717, 1.165) is 40.3 Å². The van der Waals surface area contributed by atoms with Crippen LogP contribution in [0.2, 0.25) is 0 Å². The van der Waals surface area contributed by atoms with Crippen LogP contribution in [0.15, 0.2) is 24.3 Å². The van der Waals surface area contributed by atoms with Gasteiger partial charge in [-0.1, -0.05) is 18.2 Å². The Balaban J connectivity index is 1.40. The first kappa shape index (κ1) is 28.6. The Morgan fingerprint density at radius 1 is 1.03 bits per heavy atom. The average Bonchev–Trinajstić information content (AvgIpc) is 3.35. The molecule has 0 unspecified atom stereocenters. The smallest absolute Gasteiger partial charge is 0.256 e. The van der Waals surface area contributed by atoms with Gasteiger partial charge < -0.3 is 34.7 Å². The predicted molar refractivity (Wildman–Crippen MR) is 146 cm³/mol. The Morgan fingerprint density at radius 2 is 1.70 bits per heavy atom. The van der Waals surface area contributed by atoms with E-state index in [-0.39, 0.29) is 11.8 Å². The number of hydrogen-bond donors (Lipinski definition) is 3. The third kappa shape index (κ3) is 8.26. The van der Waals surface area contributed by atoms with E-state index in [1.54, 1.807) is 11.9 Å². The summed E-state index contributed by atoms with van der Waals surface area (Å²) in [6.45, 7) is 8.64. The van der Waals surface area contributed by atoms with Gasteiger partial charge in [0.1, 0.15) is 0 Å². The van der Waals surface area contributed by atoms with Crippen molar-refractivity contribution in [3.8, 4) is 0 Å². The van der Waals surface area contributed by atoms with Crippen LogP contribution in [0.1, 0.15) is 34.5 Å². The lowest BCUT2D eigenvalue weighted by Crippen LogP contribution is -2.30. The Hall–Kier alpha value is -2.98. The zero-order valence-electron chi connectivity index (χ0n) is 22.4. The highest BCUT2D eigenvalue weighted by atomic mass is 16.5. The second kappa shape index (κ2) is 14.7. The van der Waals surface area contributed by atoms with Gasteiger partial charge >= 0.3 is 0 Å². The minimum atomic E-state index is -0.103. The topological polar surface area (TPSA) is 105 Å². The van der Waals surface area contributed by atoms with E-state index in [9.17, 15) is 9.59 Å². The van der Waals surface area contributed by atoms with E-state index in [1.807, 2.05) is 51.2 Å². The molecule has 0 radical (unpaired) electrons. The normalized spacial score (nSPS) is 13.7. The maximum Gasteiger partial charge on any atom is 0.256 e. The number of ether oxygens (including phenoxy) is 3. The molecule has 1 aliphatic heterocycles. The van der Waals surface area contributed by atoms with Gasteiger partial charge in [0.2, 0.25) is 5.91 Å². The molecule has 0 aliphatic carbocycles. The minimum Gasteiger partial charge on any atom is -0.378 e. The first-order valence-corrected chi connectivity index (χ1v) is 12.8. The third-order valence-corrected chi connectivity index (χ3v) is 6.46. The van der Waals surface area contributed by atoms with Crippen molar-refractivity contribution in [1.82, 2.24) is 15.2 Å². The number of carbonyl (C=O) groups is 2. The Labute approximate surface area is 219 Å². The summed E-state index contributed by atoms with van der Waals surface area (Å²) in [4.78, 5) is 30.2. The number of fused-ring (bicyclic) bond motifs is 1. The molecule has 0 fully saturated rings. The fraction of sp³-hybridized carbons (Fsp3) is 0.500. The second-order valence-electron chi connectivity index (χ2n) is 9.08. The first-order valence-electron chi connectivity index (χ1n) is 12.8. The molecule has 2 aromatic rings. The van der Waals surface area contributed by atoms with Crippen LogP contribution in [0.25, 0.3) is 11.6 Å². The number of nitrogens with zero attached hydrogens (tertiary/aromatic N) is 1. The lowest BCUT2D eigenvalue weighted by molar-refractivity contribution is -0.130. The van der Waals surface area contributed by atoms with Crippen LogP contribution in [0.3, 0.4) is 0 Å². The molecule has 9 nitrogen and oxygen atoms in total. The van der Waals surface area contributed by atoms with Crippen LogP contribution in [0, 0.1) is 13.8 Å². The number of aromatic nitrogens is 1. The van der Waals surface area contributed by atoms with Crippen molar-refractivity contribution in [1.29, 1.82) is 0 Å². The number of nitrogens with one attached hydrogen (secondary N) is 3. The van der Waals surface area contributed by atoms with Crippen molar-refractivity contribution in [3.63, 3.8) is 0 Å². The van der Waals surface area contributed by atoms with Gasteiger partial charge in [-0.2, -0.15) is 0 Å².